The summed E-state index contributed by atoms with van der Waals surface area (Å²) in [6, 6.07) is 0. The molecule has 4 nitrogen and oxygen atoms in total. The maximum Gasteiger partial charge on any atom is 0.223 e. The Morgan fingerprint density at radius 3 is 2.70 bits per heavy atom. The van der Waals surface area contributed by atoms with E-state index in [1.54, 1.807) is 0 Å². The van der Waals surface area contributed by atoms with Crippen molar-refractivity contribution in [3.05, 3.63) is 0 Å². The van der Waals surface area contributed by atoms with Gasteiger partial charge in [-0.1, -0.05) is 0 Å². The fourth-order valence-corrected chi connectivity index (χ4v) is 1.61. The molecule has 1 rings (SSSR count). The Bertz CT molecular complexity index is 139. The molecule has 0 aliphatic carbocycles. The average Bonchev–Trinajstić information content (AvgIpc) is 2.15. The highest BCUT2D eigenvalue weighted by Gasteiger charge is 2.21. The van der Waals surface area contributed by atoms with E-state index in [0.29, 0.717) is 13.0 Å². The largest absolute Gasteiger partial charge is 0.349 e. The van der Waals surface area contributed by atoms with Gasteiger partial charge in [-0.2, -0.15) is 0 Å². The Morgan fingerprint density at radius 1 is 1.60 bits per heavy atom. The molecule has 0 aromatic rings. The summed E-state index contributed by atoms with van der Waals surface area (Å²) in [5, 5.41) is 0. The lowest BCUT2D eigenvalue weighted by atomic mass is 10.4. The number of hydrogen-bond acceptors (Lipinski definition) is 3. The van der Waals surface area contributed by atoms with Crippen molar-refractivity contribution in [1.82, 2.24) is 4.90 Å². The minimum Gasteiger partial charge on any atom is -0.349 e. The van der Waals surface area contributed by atoms with Gasteiger partial charge in [-0.15, -0.1) is 0 Å². The molecule has 0 saturated carbocycles. The van der Waals surface area contributed by atoms with Crippen molar-refractivity contribution in [2.45, 2.75) is 12.8 Å². The smallest absolute Gasteiger partial charge is 0.223 e. The summed E-state index contributed by atoms with van der Waals surface area (Å²) >= 11 is 0. The molecule has 1 fully saturated rings. The number of hydrogen-bond donors (Lipinski definition) is 2. The summed E-state index contributed by atoms with van der Waals surface area (Å²) < 4.78 is 0. The van der Waals surface area contributed by atoms with Gasteiger partial charge in [0, 0.05) is 13.0 Å². The lowest BCUT2D eigenvalue weighted by Gasteiger charge is -2.14. The molecule has 0 spiro atoms. The minimum absolute atomic E-state index is 0.0376. The summed E-state index contributed by atoms with van der Waals surface area (Å²) in [6.45, 7) is 0.679. The molecule has 1 saturated heterocycles. The fourth-order valence-electron chi connectivity index (χ4n) is 1.01. The maximum atomic E-state index is 10.8. The Morgan fingerprint density at radius 2 is 2.30 bits per heavy atom. The van der Waals surface area contributed by atoms with Crippen molar-refractivity contribution in [3.63, 3.8) is 0 Å². The van der Waals surface area contributed by atoms with Crippen LogP contribution in [0.2, 0.25) is 0 Å². The van der Waals surface area contributed by atoms with Gasteiger partial charge in [-0.3, -0.25) is 4.79 Å². The lowest BCUT2D eigenvalue weighted by molar-refractivity contribution is -0.127. The van der Waals surface area contributed by atoms with Crippen LogP contribution in [0.4, 0.5) is 0 Å². The van der Waals surface area contributed by atoms with Gasteiger partial charge in [0.2, 0.25) is 5.91 Å². The van der Waals surface area contributed by atoms with Crippen molar-refractivity contribution in [1.29, 1.82) is 0 Å². The zero-order chi connectivity index (χ0) is 7.56. The maximum absolute atomic E-state index is 10.8. The first-order valence-electron chi connectivity index (χ1n) is 3.13. The van der Waals surface area contributed by atoms with E-state index in [1.165, 1.54) is 4.90 Å². The van der Waals surface area contributed by atoms with Gasteiger partial charge < -0.3 is 14.7 Å². The molecule has 0 radical (unpaired) electrons. The quantitative estimate of drug-likeness (QED) is 0.557. The van der Waals surface area contributed by atoms with Crippen LogP contribution in [0, 0.1) is 0 Å². The molecule has 2 N–H and O–H groups in total. The van der Waals surface area contributed by atoms with Crippen LogP contribution in [0.3, 0.4) is 0 Å². The third kappa shape index (κ3) is 1.90. The Balaban J connectivity index is 2.33. The molecule has 5 heteroatoms. The van der Waals surface area contributed by atoms with Crippen LogP contribution in [0.25, 0.3) is 0 Å². The van der Waals surface area contributed by atoms with Gasteiger partial charge in [0.25, 0.3) is 0 Å². The second-order valence-corrected chi connectivity index (χ2v) is 3.30. The van der Waals surface area contributed by atoms with Crippen molar-refractivity contribution in [2.75, 3.05) is 12.8 Å². The summed E-state index contributed by atoms with van der Waals surface area (Å²) in [4.78, 5) is 29.4. The molecule has 10 heavy (non-hydrogen) atoms. The summed E-state index contributed by atoms with van der Waals surface area (Å²) in [5.74, 6) is 0.0376. The highest BCUT2D eigenvalue weighted by molar-refractivity contribution is 7.45. The van der Waals surface area contributed by atoms with Gasteiger partial charge in [-0.25, -0.2) is 0 Å². The second-order valence-electron chi connectivity index (χ2n) is 2.27. The Hall–Kier alpha value is -0.180. The molecule has 58 valence electrons. The zero-order valence-electron chi connectivity index (χ0n) is 5.53. The molecule has 1 aliphatic rings. The van der Waals surface area contributed by atoms with E-state index in [0.717, 1.165) is 6.42 Å². The second kappa shape index (κ2) is 3.28. The minimum atomic E-state index is -1.93. The van der Waals surface area contributed by atoms with Crippen molar-refractivity contribution < 1.29 is 14.6 Å². The third-order valence-electron chi connectivity index (χ3n) is 1.47. The average molecular weight is 163 g/mol. The zero-order valence-corrected chi connectivity index (χ0v) is 6.42. The van der Waals surface area contributed by atoms with Crippen molar-refractivity contribution in [3.8, 4) is 0 Å². The van der Waals surface area contributed by atoms with Crippen LogP contribution in [0.1, 0.15) is 12.8 Å². The van der Waals surface area contributed by atoms with Crippen molar-refractivity contribution in [2.24, 2.45) is 0 Å². The van der Waals surface area contributed by atoms with Crippen molar-refractivity contribution >= 4 is 14.3 Å². The predicted octanol–water partition coefficient (Wildman–Crippen LogP) is -0.137. The number of nitrogens with zero attached hydrogens (tertiary/aromatic N) is 1. The molecular formula is C5H10NO3P. The SMILES string of the molecule is O=C1CCCN1CP(O)O. The Labute approximate surface area is 60.4 Å². The molecule has 1 amide bonds. The highest BCUT2D eigenvalue weighted by Crippen LogP contribution is 2.26. The van der Waals surface area contributed by atoms with Gasteiger partial charge in [0.05, 0.1) is 6.29 Å². The van der Waals surface area contributed by atoms with Gasteiger partial charge in [0.1, 0.15) is 0 Å². The summed E-state index contributed by atoms with van der Waals surface area (Å²) in [6.07, 6.45) is 1.53. The van der Waals surface area contributed by atoms with Crippen LogP contribution in [-0.4, -0.2) is 33.4 Å². The van der Waals surface area contributed by atoms with Crippen LogP contribution in [0.15, 0.2) is 0 Å². The summed E-state index contributed by atoms with van der Waals surface area (Å²) in [7, 11) is -1.93. The van der Waals surface area contributed by atoms with E-state index in [2.05, 4.69) is 0 Å². The molecule has 0 atom stereocenters. The Kier molecular flexibility index (Phi) is 2.60. The van der Waals surface area contributed by atoms with Crippen LogP contribution < -0.4 is 0 Å². The van der Waals surface area contributed by atoms with Gasteiger partial charge in [-0.05, 0) is 6.42 Å². The molecule has 0 aromatic carbocycles. The number of likely N-dealkylation sites (tertiary alicyclic amines) is 1. The van der Waals surface area contributed by atoms with Gasteiger partial charge >= 0.3 is 0 Å². The highest BCUT2D eigenvalue weighted by atomic mass is 31.2. The number of carbonyl (C=O) groups is 1. The fraction of sp³-hybridized carbons (Fsp3) is 0.800. The lowest BCUT2D eigenvalue weighted by Crippen LogP contribution is -2.24. The topological polar surface area (TPSA) is 60.8 Å². The molecule has 0 unspecified atom stereocenters. The molecule has 0 aromatic heterocycles. The predicted molar refractivity (Wildman–Crippen MR) is 37.2 cm³/mol. The standard InChI is InChI=1S/C5H10NO3P/c7-5-2-1-3-6(5)4-10(8)9/h8-9H,1-4H2. The van der Waals surface area contributed by atoms with Gasteiger partial charge in [0.15, 0.2) is 8.38 Å². The molecule has 0 bridgehead atoms. The first kappa shape index (κ1) is 7.92. The van der Waals surface area contributed by atoms with E-state index >= 15 is 0 Å². The van der Waals surface area contributed by atoms with E-state index < -0.39 is 8.38 Å². The van der Waals surface area contributed by atoms with E-state index in [1.807, 2.05) is 0 Å². The third-order valence-corrected chi connectivity index (χ3v) is 2.06. The molecule has 1 aliphatic heterocycles. The first-order valence-corrected chi connectivity index (χ1v) is 4.56. The summed E-state index contributed by atoms with van der Waals surface area (Å²) in [5.41, 5.74) is 0. The van der Waals surface area contributed by atoms with E-state index in [-0.39, 0.29) is 12.2 Å². The molecular weight excluding hydrogens is 153 g/mol. The number of rotatable bonds is 2. The van der Waals surface area contributed by atoms with Crippen LogP contribution in [-0.2, 0) is 4.79 Å². The van der Waals surface area contributed by atoms with Crippen LogP contribution >= 0.6 is 8.38 Å². The van der Waals surface area contributed by atoms with E-state index in [4.69, 9.17) is 9.79 Å². The van der Waals surface area contributed by atoms with E-state index in [9.17, 15) is 4.79 Å². The molecule has 1 heterocycles. The van der Waals surface area contributed by atoms with Crippen LogP contribution in [0.5, 0.6) is 0 Å². The number of amides is 1. The number of carbonyl (C=O) groups excluding carboxylic acids is 1. The first-order chi connectivity index (χ1) is 4.70. The monoisotopic (exact) mass is 163 g/mol. The normalized spacial score (nSPS) is 19.1.